The maximum absolute atomic E-state index is 6.09. The second-order valence-corrected chi connectivity index (χ2v) is 5.20. The monoisotopic (exact) mass is 274 g/mol. The highest BCUT2D eigenvalue weighted by Crippen LogP contribution is 2.25. The second-order valence-electron chi connectivity index (χ2n) is 4.76. The fraction of sp³-hybridized carbons (Fsp3) is 0.312. The average Bonchev–Trinajstić information content (AvgIpc) is 2.37. The van der Waals surface area contributed by atoms with E-state index in [4.69, 9.17) is 11.6 Å². The van der Waals surface area contributed by atoms with Crippen molar-refractivity contribution in [2.45, 2.75) is 26.8 Å². The summed E-state index contributed by atoms with van der Waals surface area (Å²) in [4.78, 5) is 4.60. The molecule has 0 spiro atoms. The van der Waals surface area contributed by atoms with Crippen LogP contribution in [0.25, 0.3) is 0 Å². The molecule has 0 bridgehead atoms. The highest BCUT2D eigenvalue weighted by atomic mass is 35.5. The summed E-state index contributed by atoms with van der Waals surface area (Å²) in [6, 6.07) is 10.2. The van der Waals surface area contributed by atoms with Crippen LogP contribution in [0.2, 0.25) is 5.02 Å². The number of rotatable bonds is 4. The third-order valence-corrected chi connectivity index (χ3v) is 3.35. The average molecular weight is 275 g/mol. The Labute approximate surface area is 119 Å². The van der Waals surface area contributed by atoms with E-state index < -0.39 is 0 Å². The van der Waals surface area contributed by atoms with Crippen molar-refractivity contribution in [3.63, 3.8) is 0 Å². The number of benzene rings is 1. The van der Waals surface area contributed by atoms with E-state index in [1.165, 1.54) is 11.1 Å². The minimum absolute atomic E-state index is 0.0873. The standard InChI is InChI=1S/C16H19ClN2/c1-4-18-16(13-6-5-7-14(17)9-13)15-12(3)8-11(2)10-19-15/h5-10,16,18H,4H2,1-3H3. The summed E-state index contributed by atoms with van der Waals surface area (Å²) in [5.74, 6) is 0. The normalized spacial score (nSPS) is 12.4. The number of hydrogen-bond donors (Lipinski definition) is 1. The van der Waals surface area contributed by atoms with Crippen molar-refractivity contribution in [1.29, 1.82) is 0 Å². The van der Waals surface area contributed by atoms with Gasteiger partial charge in [-0.1, -0.05) is 36.7 Å². The van der Waals surface area contributed by atoms with E-state index in [2.05, 4.69) is 43.2 Å². The number of nitrogens with one attached hydrogen (secondary N) is 1. The first kappa shape index (κ1) is 14.0. The zero-order chi connectivity index (χ0) is 13.8. The third kappa shape index (κ3) is 3.34. The van der Waals surface area contributed by atoms with E-state index in [9.17, 15) is 0 Å². The van der Waals surface area contributed by atoms with Gasteiger partial charge in [0.15, 0.2) is 0 Å². The van der Waals surface area contributed by atoms with Crippen LogP contribution in [-0.2, 0) is 0 Å². The summed E-state index contributed by atoms with van der Waals surface area (Å²) in [5, 5.41) is 4.24. The molecule has 0 saturated heterocycles. The molecule has 0 aliphatic heterocycles. The van der Waals surface area contributed by atoms with Crippen LogP contribution in [-0.4, -0.2) is 11.5 Å². The van der Waals surface area contributed by atoms with Crippen LogP contribution in [0, 0.1) is 13.8 Å². The van der Waals surface area contributed by atoms with Gasteiger partial charge in [-0.3, -0.25) is 4.98 Å². The van der Waals surface area contributed by atoms with E-state index in [1.807, 2.05) is 24.4 Å². The van der Waals surface area contributed by atoms with Gasteiger partial charge in [-0.2, -0.15) is 0 Å². The topological polar surface area (TPSA) is 24.9 Å². The molecule has 1 unspecified atom stereocenters. The van der Waals surface area contributed by atoms with Crippen LogP contribution in [0.15, 0.2) is 36.5 Å². The minimum Gasteiger partial charge on any atom is -0.305 e. The van der Waals surface area contributed by atoms with Gasteiger partial charge in [-0.15, -0.1) is 0 Å². The number of aryl methyl sites for hydroxylation is 2. The first-order valence-corrected chi connectivity index (χ1v) is 6.91. The molecule has 100 valence electrons. The maximum Gasteiger partial charge on any atom is 0.0754 e. The molecule has 1 aromatic carbocycles. The Morgan fingerprint density at radius 3 is 2.68 bits per heavy atom. The first-order valence-electron chi connectivity index (χ1n) is 6.53. The van der Waals surface area contributed by atoms with Gasteiger partial charge in [0.2, 0.25) is 0 Å². The number of pyridine rings is 1. The predicted octanol–water partition coefficient (Wildman–Crippen LogP) is 4.05. The molecule has 0 saturated carbocycles. The summed E-state index contributed by atoms with van der Waals surface area (Å²) >= 11 is 6.09. The Morgan fingerprint density at radius 1 is 1.26 bits per heavy atom. The summed E-state index contributed by atoms with van der Waals surface area (Å²) in [7, 11) is 0. The summed E-state index contributed by atoms with van der Waals surface area (Å²) < 4.78 is 0. The molecule has 1 heterocycles. The zero-order valence-electron chi connectivity index (χ0n) is 11.6. The zero-order valence-corrected chi connectivity index (χ0v) is 12.3. The molecular weight excluding hydrogens is 256 g/mol. The van der Waals surface area contributed by atoms with Crippen molar-refractivity contribution in [3.8, 4) is 0 Å². The van der Waals surface area contributed by atoms with Gasteiger partial charge in [0.25, 0.3) is 0 Å². The van der Waals surface area contributed by atoms with Gasteiger partial charge in [-0.25, -0.2) is 0 Å². The lowest BCUT2D eigenvalue weighted by molar-refractivity contribution is 0.611. The van der Waals surface area contributed by atoms with Crippen molar-refractivity contribution in [2.24, 2.45) is 0 Å². The van der Waals surface area contributed by atoms with E-state index in [-0.39, 0.29) is 6.04 Å². The number of hydrogen-bond acceptors (Lipinski definition) is 2. The smallest absolute Gasteiger partial charge is 0.0754 e. The molecule has 1 aromatic heterocycles. The first-order chi connectivity index (χ1) is 9.11. The molecule has 0 aliphatic carbocycles. The Balaban J connectivity index is 2.45. The van der Waals surface area contributed by atoms with Crippen molar-refractivity contribution < 1.29 is 0 Å². The van der Waals surface area contributed by atoms with Gasteiger partial charge in [-0.05, 0) is 49.2 Å². The van der Waals surface area contributed by atoms with Crippen molar-refractivity contribution in [2.75, 3.05) is 6.54 Å². The molecule has 2 nitrogen and oxygen atoms in total. The molecule has 19 heavy (non-hydrogen) atoms. The van der Waals surface area contributed by atoms with E-state index >= 15 is 0 Å². The van der Waals surface area contributed by atoms with E-state index in [0.29, 0.717) is 0 Å². The van der Waals surface area contributed by atoms with Gasteiger partial charge >= 0.3 is 0 Å². The van der Waals surface area contributed by atoms with Crippen molar-refractivity contribution >= 4 is 11.6 Å². The number of halogens is 1. The molecule has 1 N–H and O–H groups in total. The molecule has 0 amide bonds. The highest BCUT2D eigenvalue weighted by molar-refractivity contribution is 6.30. The maximum atomic E-state index is 6.09. The lowest BCUT2D eigenvalue weighted by atomic mass is 9.99. The lowest BCUT2D eigenvalue weighted by Crippen LogP contribution is -2.23. The van der Waals surface area contributed by atoms with Gasteiger partial charge in [0.05, 0.1) is 11.7 Å². The summed E-state index contributed by atoms with van der Waals surface area (Å²) in [5.41, 5.74) is 4.59. The molecule has 2 rings (SSSR count). The molecular formula is C16H19ClN2. The largest absolute Gasteiger partial charge is 0.305 e. The molecule has 3 heteroatoms. The van der Waals surface area contributed by atoms with Crippen LogP contribution in [0.1, 0.15) is 35.3 Å². The van der Waals surface area contributed by atoms with Crippen LogP contribution < -0.4 is 5.32 Å². The SMILES string of the molecule is CCNC(c1cccc(Cl)c1)c1ncc(C)cc1C. The Kier molecular flexibility index (Phi) is 4.56. The van der Waals surface area contributed by atoms with E-state index in [0.717, 1.165) is 22.8 Å². The number of nitrogens with zero attached hydrogens (tertiary/aromatic N) is 1. The molecule has 0 fully saturated rings. The van der Waals surface area contributed by atoms with Crippen molar-refractivity contribution in [1.82, 2.24) is 10.3 Å². The molecule has 2 aromatic rings. The minimum atomic E-state index is 0.0873. The van der Waals surface area contributed by atoms with E-state index in [1.54, 1.807) is 0 Å². The van der Waals surface area contributed by atoms with Crippen LogP contribution >= 0.6 is 11.6 Å². The van der Waals surface area contributed by atoms with Gasteiger partial charge in [0.1, 0.15) is 0 Å². The van der Waals surface area contributed by atoms with Crippen LogP contribution in [0.3, 0.4) is 0 Å². The quantitative estimate of drug-likeness (QED) is 0.910. The Hall–Kier alpha value is -1.38. The fourth-order valence-corrected chi connectivity index (χ4v) is 2.49. The Bertz CT molecular complexity index is 566. The third-order valence-electron chi connectivity index (χ3n) is 3.12. The lowest BCUT2D eigenvalue weighted by Gasteiger charge is -2.20. The second kappa shape index (κ2) is 6.18. The summed E-state index contributed by atoms with van der Waals surface area (Å²) in [6.07, 6.45) is 1.91. The summed E-state index contributed by atoms with van der Waals surface area (Å²) in [6.45, 7) is 7.14. The van der Waals surface area contributed by atoms with Crippen LogP contribution in [0.4, 0.5) is 0 Å². The predicted molar refractivity (Wildman–Crippen MR) is 80.7 cm³/mol. The Morgan fingerprint density at radius 2 is 2.05 bits per heavy atom. The van der Waals surface area contributed by atoms with Crippen molar-refractivity contribution in [3.05, 3.63) is 63.9 Å². The highest BCUT2D eigenvalue weighted by Gasteiger charge is 2.16. The number of aromatic nitrogens is 1. The van der Waals surface area contributed by atoms with Gasteiger partial charge < -0.3 is 5.32 Å². The molecule has 0 aliphatic rings. The van der Waals surface area contributed by atoms with Crippen LogP contribution in [0.5, 0.6) is 0 Å². The van der Waals surface area contributed by atoms with Gasteiger partial charge in [0, 0.05) is 11.2 Å². The molecule has 1 atom stereocenters. The molecule has 0 radical (unpaired) electrons. The fourth-order valence-electron chi connectivity index (χ4n) is 2.29.